The maximum Gasteiger partial charge on any atom is 0.254 e. The molecule has 2 aliphatic carbocycles. The number of aromatic hydroxyl groups is 1. The molecule has 7 heteroatoms. The molecule has 0 spiro atoms. The summed E-state index contributed by atoms with van der Waals surface area (Å²) >= 11 is 4.99. The van der Waals surface area contributed by atoms with Gasteiger partial charge in [0, 0.05) is 17.1 Å². The second-order valence-electron chi connectivity index (χ2n) is 8.01. The minimum absolute atomic E-state index is 0.0258. The number of fused-ring (bicyclic) bond motifs is 1. The van der Waals surface area contributed by atoms with Crippen LogP contribution in [0.4, 0.5) is 5.00 Å². The maximum atomic E-state index is 13.2. The molecule has 5 nitrogen and oxygen atoms in total. The summed E-state index contributed by atoms with van der Waals surface area (Å²) in [7, 11) is 1.52. The molecule has 2 aromatic rings. The topological polar surface area (TPSA) is 70.9 Å². The Bertz CT molecular complexity index is 964. The third-order valence-corrected chi connectivity index (χ3v) is 7.73. The number of ether oxygens (including phenoxy) is 1. The number of hydrogen-bond acceptors (Lipinski definition) is 5. The van der Waals surface area contributed by atoms with E-state index in [2.05, 4.69) is 21.2 Å². The first-order chi connectivity index (χ1) is 14.6. The maximum absolute atomic E-state index is 13.2. The lowest BCUT2D eigenvalue weighted by Gasteiger charge is -2.23. The number of aryl methyl sites for hydroxylation is 1. The fourth-order valence-corrected chi connectivity index (χ4v) is 6.03. The van der Waals surface area contributed by atoms with Gasteiger partial charge in [-0.25, -0.2) is 4.99 Å². The van der Waals surface area contributed by atoms with Gasteiger partial charge < -0.3 is 15.2 Å². The highest BCUT2D eigenvalue weighted by atomic mass is 79.9. The van der Waals surface area contributed by atoms with Crippen LogP contribution in [-0.2, 0) is 12.8 Å². The van der Waals surface area contributed by atoms with Crippen molar-refractivity contribution in [3.05, 3.63) is 38.2 Å². The molecule has 1 heterocycles. The van der Waals surface area contributed by atoms with Crippen molar-refractivity contribution in [1.29, 1.82) is 0 Å². The van der Waals surface area contributed by atoms with Gasteiger partial charge in [0.05, 0.1) is 17.1 Å². The number of thiophene rings is 1. The van der Waals surface area contributed by atoms with E-state index >= 15 is 0 Å². The Labute approximate surface area is 189 Å². The first kappa shape index (κ1) is 21.4. The molecule has 2 aliphatic rings. The molecule has 1 fully saturated rings. The number of rotatable bonds is 5. The minimum atomic E-state index is 0.0258. The summed E-state index contributed by atoms with van der Waals surface area (Å²) in [5, 5.41) is 14.1. The predicted octanol–water partition coefficient (Wildman–Crippen LogP) is 5.92. The Morgan fingerprint density at radius 3 is 2.77 bits per heavy atom. The van der Waals surface area contributed by atoms with Gasteiger partial charge in [-0.1, -0.05) is 19.3 Å². The average Bonchev–Trinajstić information content (AvgIpc) is 3.13. The molecule has 0 aliphatic heterocycles. The monoisotopic (exact) mass is 490 g/mol. The van der Waals surface area contributed by atoms with Crippen molar-refractivity contribution in [3.63, 3.8) is 0 Å². The second kappa shape index (κ2) is 9.52. The molecule has 1 aromatic carbocycles. The standard InChI is InChI=1S/C23H27BrN2O3S/c1-29-18-12-14(11-17(24)21(18)27)13-25-23-20(16-9-5-6-10-19(16)30-23)22(28)26-15-7-3-2-4-8-15/h11-13,15,27H,2-10H2,1H3,(H,26,28)/b25-13+. The van der Waals surface area contributed by atoms with Crippen molar-refractivity contribution in [2.45, 2.75) is 63.8 Å². The van der Waals surface area contributed by atoms with Crippen molar-refractivity contribution in [2.24, 2.45) is 4.99 Å². The molecule has 0 radical (unpaired) electrons. The zero-order chi connectivity index (χ0) is 21.1. The van der Waals surface area contributed by atoms with Gasteiger partial charge in [-0.05, 0) is 77.7 Å². The number of nitrogens with zero attached hydrogens (tertiary/aromatic N) is 1. The lowest BCUT2D eigenvalue weighted by molar-refractivity contribution is 0.0927. The van der Waals surface area contributed by atoms with E-state index in [-0.39, 0.29) is 17.7 Å². The van der Waals surface area contributed by atoms with Crippen LogP contribution in [0.2, 0.25) is 0 Å². The molecule has 1 amide bonds. The summed E-state index contributed by atoms with van der Waals surface area (Å²) in [4.78, 5) is 19.3. The second-order valence-corrected chi connectivity index (χ2v) is 9.95. The molecule has 1 aromatic heterocycles. The summed E-state index contributed by atoms with van der Waals surface area (Å²) in [6, 6.07) is 3.80. The molecular formula is C23H27BrN2O3S. The zero-order valence-electron chi connectivity index (χ0n) is 17.2. The third-order valence-electron chi connectivity index (χ3n) is 5.92. The summed E-state index contributed by atoms with van der Waals surface area (Å²) in [5.74, 6) is 0.471. The number of hydrogen-bond donors (Lipinski definition) is 2. The molecule has 0 atom stereocenters. The van der Waals surface area contributed by atoms with E-state index in [9.17, 15) is 9.90 Å². The SMILES string of the molecule is COc1cc(/C=N/c2sc3c(c2C(=O)NC2CCCCC2)CCCC3)cc(Br)c1O. The van der Waals surface area contributed by atoms with Crippen LogP contribution in [0.5, 0.6) is 11.5 Å². The fraction of sp³-hybridized carbons (Fsp3) is 0.478. The number of nitrogens with one attached hydrogen (secondary N) is 1. The molecule has 0 saturated heterocycles. The Balaban J connectivity index is 1.64. The number of halogens is 1. The van der Waals surface area contributed by atoms with Crippen LogP contribution in [0.25, 0.3) is 0 Å². The zero-order valence-corrected chi connectivity index (χ0v) is 19.6. The normalized spacial score (nSPS) is 17.1. The lowest BCUT2D eigenvalue weighted by Crippen LogP contribution is -2.36. The van der Waals surface area contributed by atoms with E-state index in [0.717, 1.165) is 48.2 Å². The summed E-state index contributed by atoms with van der Waals surface area (Å²) < 4.78 is 5.77. The van der Waals surface area contributed by atoms with Crippen molar-refractivity contribution in [3.8, 4) is 11.5 Å². The van der Waals surface area contributed by atoms with Gasteiger partial charge in [0.15, 0.2) is 11.5 Å². The van der Waals surface area contributed by atoms with E-state index in [1.807, 2.05) is 0 Å². The van der Waals surface area contributed by atoms with Crippen molar-refractivity contribution >= 4 is 44.4 Å². The highest BCUT2D eigenvalue weighted by molar-refractivity contribution is 9.10. The fourth-order valence-electron chi connectivity index (χ4n) is 4.34. The number of carbonyl (C=O) groups excluding carboxylic acids is 1. The number of benzene rings is 1. The van der Waals surface area contributed by atoms with Crippen LogP contribution in [0.3, 0.4) is 0 Å². The van der Waals surface area contributed by atoms with Crippen molar-refractivity contribution < 1.29 is 14.6 Å². The highest BCUT2D eigenvalue weighted by Gasteiger charge is 2.27. The largest absolute Gasteiger partial charge is 0.503 e. The van der Waals surface area contributed by atoms with Crippen molar-refractivity contribution in [2.75, 3.05) is 7.11 Å². The van der Waals surface area contributed by atoms with E-state index in [4.69, 9.17) is 9.73 Å². The van der Waals surface area contributed by atoms with Gasteiger partial charge in [0.25, 0.3) is 5.91 Å². The summed E-state index contributed by atoms with van der Waals surface area (Å²) in [6.07, 6.45) is 11.8. The molecule has 0 unspecified atom stereocenters. The van der Waals surface area contributed by atoms with E-state index < -0.39 is 0 Å². The van der Waals surface area contributed by atoms with Gasteiger partial charge in [-0.3, -0.25) is 4.79 Å². The molecule has 160 valence electrons. The molecule has 0 bridgehead atoms. The van der Waals surface area contributed by atoms with Gasteiger partial charge in [-0.2, -0.15) is 0 Å². The van der Waals surface area contributed by atoms with E-state index in [1.54, 1.807) is 29.7 Å². The Hall–Kier alpha value is -1.86. The van der Waals surface area contributed by atoms with Gasteiger partial charge in [0.1, 0.15) is 5.00 Å². The number of methoxy groups -OCH3 is 1. The van der Waals surface area contributed by atoms with E-state index in [1.165, 1.54) is 43.2 Å². The van der Waals surface area contributed by atoms with Crippen LogP contribution in [0, 0.1) is 0 Å². The van der Waals surface area contributed by atoms with Crippen LogP contribution in [0.1, 0.15) is 71.3 Å². The molecule has 1 saturated carbocycles. The van der Waals surface area contributed by atoms with Crippen LogP contribution in [0.15, 0.2) is 21.6 Å². The molecule has 2 N–H and O–H groups in total. The number of phenolic OH excluding ortho intramolecular Hbond substituents is 1. The smallest absolute Gasteiger partial charge is 0.254 e. The molecular weight excluding hydrogens is 464 g/mol. The predicted molar refractivity (Wildman–Crippen MR) is 125 cm³/mol. The first-order valence-corrected chi connectivity index (χ1v) is 12.2. The number of phenols is 1. The lowest BCUT2D eigenvalue weighted by atomic mass is 9.93. The summed E-state index contributed by atoms with van der Waals surface area (Å²) in [6.45, 7) is 0. The Kier molecular flexibility index (Phi) is 6.78. The Morgan fingerprint density at radius 2 is 2.00 bits per heavy atom. The number of aliphatic imine (C=N–C) groups is 1. The van der Waals surface area contributed by atoms with Crippen molar-refractivity contribution in [1.82, 2.24) is 5.32 Å². The quantitative estimate of drug-likeness (QED) is 0.511. The number of amides is 1. The van der Waals surface area contributed by atoms with Gasteiger partial charge in [-0.15, -0.1) is 11.3 Å². The number of carbonyl (C=O) groups is 1. The molecule has 4 rings (SSSR count). The van der Waals surface area contributed by atoms with Crippen LogP contribution in [-0.4, -0.2) is 30.4 Å². The van der Waals surface area contributed by atoms with Crippen LogP contribution < -0.4 is 10.1 Å². The molecule has 30 heavy (non-hydrogen) atoms. The van der Waals surface area contributed by atoms with Gasteiger partial charge >= 0.3 is 0 Å². The first-order valence-electron chi connectivity index (χ1n) is 10.6. The Morgan fingerprint density at radius 1 is 1.23 bits per heavy atom. The van der Waals surface area contributed by atoms with Crippen LogP contribution >= 0.6 is 27.3 Å². The summed E-state index contributed by atoms with van der Waals surface area (Å²) in [5.41, 5.74) is 2.75. The average molecular weight is 491 g/mol. The highest BCUT2D eigenvalue weighted by Crippen LogP contribution is 2.40. The minimum Gasteiger partial charge on any atom is -0.503 e. The third kappa shape index (κ3) is 4.57. The van der Waals surface area contributed by atoms with E-state index in [0.29, 0.717) is 10.2 Å². The van der Waals surface area contributed by atoms with Gasteiger partial charge in [0.2, 0.25) is 0 Å².